The number of hydrogen-bond donors (Lipinski definition) is 4. The normalized spacial score (nSPS) is 36.6. The summed E-state index contributed by atoms with van der Waals surface area (Å²) >= 11 is 0. The summed E-state index contributed by atoms with van der Waals surface area (Å²) in [5, 5.41) is 9.52. The predicted octanol–water partition coefficient (Wildman–Crippen LogP) is 2.67. The van der Waals surface area contributed by atoms with Crippen LogP contribution in [0.1, 0.15) is 91.9 Å². The molecular formula is C31H55N3O7. The Morgan fingerprint density at radius 3 is 2.07 bits per heavy atom. The van der Waals surface area contributed by atoms with E-state index in [1.807, 2.05) is 0 Å². The van der Waals surface area contributed by atoms with Crippen molar-refractivity contribution in [2.24, 2.45) is 57.6 Å². The highest BCUT2D eigenvalue weighted by Crippen LogP contribution is 2.66. The molecule has 3 rings (SSSR count). The van der Waals surface area contributed by atoms with Gasteiger partial charge in [-0.25, -0.2) is 0 Å². The number of carbonyl (C=O) groups excluding carboxylic acids is 3. The molecule has 0 bridgehead atoms. The second-order valence-electron chi connectivity index (χ2n) is 13.3. The fourth-order valence-corrected chi connectivity index (χ4v) is 9.05. The molecule has 41 heavy (non-hydrogen) atoms. The van der Waals surface area contributed by atoms with E-state index in [4.69, 9.17) is 31.4 Å². The molecule has 0 aliphatic heterocycles. The van der Waals surface area contributed by atoms with Crippen LogP contribution in [-0.2, 0) is 28.6 Å². The van der Waals surface area contributed by atoms with Gasteiger partial charge in [-0.2, -0.15) is 0 Å². The van der Waals surface area contributed by atoms with Crippen molar-refractivity contribution in [2.75, 3.05) is 26.2 Å². The number of ether oxygens (including phenoxy) is 3. The van der Waals surface area contributed by atoms with E-state index >= 15 is 0 Å². The SMILES string of the molecule is CC[C@@H](OC(=O)CN)C1[C@@H](C2(C)CCC(OC(=O)CN)CC2)C[C@H](OC(=O)CN)[C@]2(C)C([C@H](C)CCCO)CC[C@@H]12. The van der Waals surface area contributed by atoms with Gasteiger partial charge >= 0.3 is 17.9 Å². The number of nitrogens with two attached hydrogens (primary N) is 3. The summed E-state index contributed by atoms with van der Waals surface area (Å²) in [6.07, 6.45) is 7.28. The van der Waals surface area contributed by atoms with Gasteiger partial charge in [-0.3, -0.25) is 14.4 Å². The van der Waals surface area contributed by atoms with Crippen LogP contribution in [-0.4, -0.2) is 67.6 Å². The van der Waals surface area contributed by atoms with Crippen molar-refractivity contribution in [3.05, 3.63) is 0 Å². The Morgan fingerprint density at radius 1 is 0.902 bits per heavy atom. The van der Waals surface area contributed by atoms with Gasteiger partial charge in [0.05, 0.1) is 19.6 Å². The summed E-state index contributed by atoms with van der Waals surface area (Å²) in [6.45, 7) is 8.55. The average molecular weight is 582 g/mol. The molecule has 0 amide bonds. The van der Waals surface area contributed by atoms with Crippen molar-refractivity contribution in [1.29, 1.82) is 0 Å². The molecule has 0 aromatic rings. The maximum Gasteiger partial charge on any atom is 0.319 e. The first-order valence-electron chi connectivity index (χ1n) is 15.8. The van der Waals surface area contributed by atoms with Crippen molar-refractivity contribution in [3.63, 3.8) is 0 Å². The monoisotopic (exact) mass is 581 g/mol. The maximum absolute atomic E-state index is 12.7. The third-order valence-corrected chi connectivity index (χ3v) is 11.1. The molecule has 0 aromatic carbocycles. The summed E-state index contributed by atoms with van der Waals surface area (Å²) in [6, 6.07) is 0. The van der Waals surface area contributed by atoms with Gasteiger partial charge in [-0.15, -0.1) is 0 Å². The molecule has 0 radical (unpaired) electrons. The Bertz CT molecular complexity index is 893. The Kier molecular flexibility index (Phi) is 12.0. The summed E-state index contributed by atoms with van der Waals surface area (Å²) in [5.41, 5.74) is 16.5. The van der Waals surface area contributed by atoms with Crippen molar-refractivity contribution < 1.29 is 33.7 Å². The molecule has 0 heterocycles. The second kappa shape index (κ2) is 14.6. The lowest BCUT2D eigenvalue weighted by Crippen LogP contribution is -2.59. The first-order valence-corrected chi connectivity index (χ1v) is 15.8. The first kappa shape index (κ1) is 33.7. The molecular weight excluding hydrogens is 526 g/mol. The van der Waals surface area contributed by atoms with E-state index in [0.29, 0.717) is 24.7 Å². The smallest absolute Gasteiger partial charge is 0.319 e. The number of aliphatic hydroxyl groups excluding tert-OH is 1. The Morgan fingerprint density at radius 2 is 1.51 bits per heavy atom. The van der Waals surface area contributed by atoms with Gasteiger partial charge in [-0.1, -0.05) is 27.7 Å². The minimum Gasteiger partial charge on any atom is -0.461 e. The zero-order valence-electron chi connectivity index (χ0n) is 25.6. The summed E-state index contributed by atoms with van der Waals surface area (Å²) in [5.74, 6) is -0.208. The van der Waals surface area contributed by atoms with Crippen molar-refractivity contribution in [2.45, 2.75) is 110 Å². The largest absolute Gasteiger partial charge is 0.461 e. The molecule has 7 N–H and O–H groups in total. The van der Waals surface area contributed by atoms with E-state index in [0.717, 1.165) is 51.4 Å². The van der Waals surface area contributed by atoms with Gasteiger partial charge in [0.25, 0.3) is 0 Å². The molecule has 2 unspecified atom stereocenters. The topological polar surface area (TPSA) is 177 Å². The van der Waals surface area contributed by atoms with E-state index in [9.17, 15) is 19.5 Å². The third kappa shape index (κ3) is 7.25. The fraction of sp³-hybridized carbons (Fsp3) is 0.903. The molecule has 3 aliphatic carbocycles. The minimum absolute atomic E-state index is 0.0662. The van der Waals surface area contributed by atoms with Crippen LogP contribution in [0.15, 0.2) is 0 Å². The van der Waals surface area contributed by atoms with Crippen LogP contribution in [0.5, 0.6) is 0 Å². The van der Waals surface area contributed by atoms with Crippen LogP contribution in [0.25, 0.3) is 0 Å². The third-order valence-electron chi connectivity index (χ3n) is 11.1. The number of esters is 3. The van der Waals surface area contributed by atoms with Gasteiger partial charge < -0.3 is 36.5 Å². The molecule has 0 aromatic heterocycles. The maximum atomic E-state index is 12.7. The van der Waals surface area contributed by atoms with Crippen LogP contribution < -0.4 is 17.2 Å². The standard InChI is InChI=1S/C31H55N3O7/c1-5-24(40-27(37)17-33)29-22-9-8-21(19(2)7-6-14-35)31(22,4)25(41-28(38)18-34)15-23(29)30(3)12-10-20(11-13-30)39-26(36)16-32/h19-25,29,35H,5-18,32-34H2,1-4H3/t19-,20?,21?,22+,23+,24-,25+,29?,30?,31-/m1/s1. The average Bonchev–Trinajstić information content (AvgIpc) is 3.33. The molecule has 0 spiro atoms. The quantitative estimate of drug-likeness (QED) is 0.187. The number of fused-ring (bicyclic) bond motifs is 1. The van der Waals surface area contributed by atoms with Gasteiger partial charge in [0.1, 0.15) is 18.3 Å². The highest BCUT2D eigenvalue weighted by Gasteiger charge is 2.64. The predicted molar refractivity (Wildman–Crippen MR) is 155 cm³/mol. The number of carbonyl (C=O) groups is 3. The summed E-state index contributed by atoms with van der Waals surface area (Å²) in [7, 11) is 0. The molecule has 10 heteroatoms. The lowest BCUT2D eigenvalue weighted by molar-refractivity contribution is -0.198. The minimum atomic E-state index is -0.401. The van der Waals surface area contributed by atoms with Crippen LogP contribution >= 0.6 is 0 Å². The van der Waals surface area contributed by atoms with Crippen LogP contribution in [0.2, 0.25) is 0 Å². The molecule has 3 aliphatic rings. The van der Waals surface area contributed by atoms with Crippen molar-refractivity contribution in [1.82, 2.24) is 0 Å². The van der Waals surface area contributed by atoms with Crippen LogP contribution in [0, 0.1) is 40.4 Å². The zero-order chi connectivity index (χ0) is 30.4. The lowest BCUT2D eigenvalue weighted by atomic mass is 9.48. The molecule has 3 saturated carbocycles. The van der Waals surface area contributed by atoms with Gasteiger partial charge in [0.15, 0.2) is 0 Å². The first-order chi connectivity index (χ1) is 19.5. The van der Waals surface area contributed by atoms with Crippen molar-refractivity contribution >= 4 is 17.9 Å². The van der Waals surface area contributed by atoms with E-state index in [2.05, 4.69) is 27.7 Å². The Labute approximate surface area is 245 Å². The molecule has 0 saturated heterocycles. The van der Waals surface area contributed by atoms with Gasteiger partial charge in [0.2, 0.25) is 0 Å². The van der Waals surface area contributed by atoms with E-state index < -0.39 is 11.9 Å². The molecule has 3 fully saturated rings. The fourth-order valence-electron chi connectivity index (χ4n) is 9.05. The van der Waals surface area contributed by atoms with E-state index in [1.165, 1.54) is 0 Å². The molecule has 236 valence electrons. The molecule has 10 nitrogen and oxygen atoms in total. The zero-order valence-corrected chi connectivity index (χ0v) is 25.6. The Balaban J connectivity index is 2.03. The highest BCUT2D eigenvalue weighted by molar-refractivity contribution is 5.72. The summed E-state index contributed by atoms with van der Waals surface area (Å²) < 4.78 is 17.9. The molecule has 8 atom stereocenters. The number of aliphatic hydroxyl groups is 1. The van der Waals surface area contributed by atoms with E-state index in [-0.39, 0.29) is 79.1 Å². The number of hydrogen-bond acceptors (Lipinski definition) is 10. The van der Waals surface area contributed by atoms with E-state index in [1.54, 1.807) is 0 Å². The van der Waals surface area contributed by atoms with Gasteiger partial charge in [0, 0.05) is 17.9 Å². The lowest BCUT2D eigenvalue weighted by Gasteiger charge is -2.59. The van der Waals surface area contributed by atoms with Gasteiger partial charge in [-0.05, 0) is 93.3 Å². The summed E-state index contributed by atoms with van der Waals surface area (Å²) in [4.78, 5) is 37.2. The highest BCUT2D eigenvalue weighted by atomic mass is 16.6. The van der Waals surface area contributed by atoms with Crippen molar-refractivity contribution in [3.8, 4) is 0 Å². The van der Waals surface area contributed by atoms with Crippen LogP contribution in [0.4, 0.5) is 0 Å². The Hall–Kier alpha value is -1.75. The van der Waals surface area contributed by atoms with Crippen LogP contribution in [0.3, 0.4) is 0 Å². The number of rotatable bonds is 13. The second-order valence-corrected chi connectivity index (χ2v) is 13.3.